The maximum Gasteiger partial charge on any atom is 0.257 e. The number of nitrogens with zero attached hydrogens (tertiary/aromatic N) is 2. The van der Waals surface area contributed by atoms with Crippen molar-refractivity contribution in [1.29, 1.82) is 0 Å². The standard InChI is InChI=1S/C10H9Cl2N3O2S/c11-8-2-1-7(3-9(8)12)4-15-5-10(14-6-15)18(13,16)17/h1-3,5-6H,4H2,(H2,13,16,17). The van der Waals surface area contributed by atoms with Crippen molar-refractivity contribution in [3.8, 4) is 0 Å². The normalized spacial score (nSPS) is 11.7. The summed E-state index contributed by atoms with van der Waals surface area (Å²) >= 11 is 11.7. The van der Waals surface area contributed by atoms with Crippen LogP contribution in [-0.4, -0.2) is 18.0 Å². The quantitative estimate of drug-likeness (QED) is 0.940. The van der Waals surface area contributed by atoms with E-state index in [-0.39, 0.29) is 5.03 Å². The first-order valence-corrected chi connectivity index (χ1v) is 7.15. The number of imidazole rings is 1. The molecule has 2 rings (SSSR count). The highest BCUT2D eigenvalue weighted by molar-refractivity contribution is 7.89. The summed E-state index contributed by atoms with van der Waals surface area (Å²) in [6, 6.07) is 5.18. The first-order valence-electron chi connectivity index (χ1n) is 4.85. The lowest BCUT2D eigenvalue weighted by Crippen LogP contribution is -2.12. The molecule has 0 aliphatic carbocycles. The van der Waals surface area contributed by atoms with Gasteiger partial charge in [-0.1, -0.05) is 29.3 Å². The highest BCUT2D eigenvalue weighted by atomic mass is 35.5. The lowest BCUT2D eigenvalue weighted by atomic mass is 10.2. The average molecular weight is 306 g/mol. The molecule has 0 radical (unpaired) electrons. The monoisotopic (exact) mass is 305 g/mol. The lowest BCUT2D eigenvalue weighted by Gasteiger charge is -2.03. The van der Waals surface area contributed by atoms with Crippen molar-refractivity contribution in [1.82, 2.24) is 9.55 Å². The van der Waals surface area contributed by atoms with Gasteiger partial charge in [0.25, 0.3) is 10.0 Å². The minimum Gasteiger partial charge on any atom is -0.332 e. The Bertz CT molecular complexity index is 682. The Morgan fingerprint density at radius 3 is 2.56 bits per heavy atom. The third kappa shape index (κ3) is 3.02. The van der Waals surface area contributed by atoms with Gasteiger partial charge in [-0.2, -0.15) is 0 Å². The van der Waals surface area contributed by atoms with Crippen LogP contribution in [-0.2, 0) is 16.6 Å². The van der Waals surface area contributed by atoms with E-state index in [2.05, 4.69) is 4.98 Å². The first-order chi connectivity index (χ1) is 8.36. The first kappa shape index (κ1) is 13.4. The number of aromatic nitrogens is 2. The van der Waals surface area contributed by atoms with E-state index in [0.29, 0.717) is 16.6 Å². The van der Waals surface area contributed by atoms with E-state index >= 15 is 0 Å². The zero-order chi connectivity index (χ0) is 13.3. The van der Waals surface area contributed by atoms with Crippen molar-refractivity contribution in [2.24, 2.45) is 5.14 Å². The highest BCUT2D eigenvalue weighted by Crippen LogP contribution is 2.23. The number of nitrogens with two attached hydrogens (primary N) is 1. The third-order valence-electron chi connectivity index (χ3n) is 2.25. The molecule has 8 heteroatoms. The summed E-state index contributed by atoms with van der Waals surface area (Å²) in [5.74, 6) is 0. The van der Waals surface area contributed by atoms with Gasteiger partial charge in [0, 0.05) is 12.7 Å². The Labute approximate surface area is 114 Å². The van der Waals surface area contributed by atoms with Gasteiger partial charge in [-0.3, -0.25) is 0 Å². The van der Waals surface area contributed by atoms with Crippen LogP contribution in [0, 0.1) is 0 Å². The summed E-state index contributed by atoms with van der Waals surface area (Å²) in [5, 5.41) is 5.72. The Hall–Kier alpha value is -1.08. The Kier molecular flexibility index (Phi) is 3.63. The molecule has 0 bridgehead atoms. The van der Waals surface area contributed by atoms with Crippen LogP contribution in [0.1, 0.15) is 5.56 Å². The zero-order valence-corrected chi connectivity index (χ0v) is 11.4. The molecule has 18 heavy (non-hydrogen) atoms. The molecule has 5 nitrogen and oxygen atoms in total. The van der Waals surface area contributed by atoms with Gasteiger partial charge in [0.1, 0.15) is 0 Å². The summed E-state index contributed by atoms with van der Waals surface area (Å²) in [6.45, 7) is 0.430. The van der Waals surface area contributed by atoms with E-state index in [9.17, 15) is 8.42 Å². The summed E-state index contributed by atoms with van der Waals surface area (Å²) in [5.41, 5.74) is 0.878. The molecule has 2 aromatic rings. The van der Waals surface area contributed by atoms with Crippen molar-refractivity contribution in [3.63, 3.8) is 0 Å². The molecule has 0 spiro atoms. The molecule has 0 unspecified atom stereocenters. The Morgan fingerprint density at radius 1 is 1.28 bits per heavy atom. The summed E-state index contributed by atoms with van der Waals surface area (Å²) in [4.78, 5) is 3.71. The van der Waals surface area contributed by atoms with Crippen LogP contribution in [0.5, 0.6) is 0 Å². The topological polar surface area (TPSA) is 78.0 Å². The van der Waals surface area contributed by atoms with Gasteiger partial charge in [0.05, 0.1) is 16.4 Å². The Balaban J connectivity index is 2.24. The molecule has 0 saturated carbocycles. The maximum atomic E-state index is 11.1. The molecular formula is C10H9Cl2N3O2S. The third-order valence-corrected chi connectivity index (χ3v) is 3.78. The molecule has 1 aromatic carbocycles. The molecule has 1 aromatic heterocycles. The molecule has 96 valence electrons. The predicted octanol–water partition coefficient (Wildman–Crippen LogP) is 1.89. The van der Waals surface area contributed by atoms with Crippen LogP contribution in [0.2, 0.25) is 10.0 Å². The van der Waals surface area contributed by atoms with Gasteiger partial charge >= 0.3 is 0 Å². The van der Waals surface area contributed by atoms with Crippen LogP contribution < -0.4 is 5.14 Å². The van der Waals surface area contributed by atoms with E-state index in [1.54, 1.807) is 22.8 Å². The van der Waals surface area contributed by atoms with Gasteiger partial charge < -0.3 is 4.57 Å². The van der Waals surface area contributed by atoms with Crippen molar-refractivity contribution in [2.75, 3.05) is 0 Å². The molecular weight excluding hydrogens is 297 g/mol. The zero-order valence-electron chi connectivity index (χ0n) is 9.05. The minimum atomic E-state index is -3.77. The largest absolute Gasteiger partial charge is 0.332 e. The lowest BCUT2D eigenvalue weighted by molar-refractivity contribution is 0.594. The number of benzene rings is 1. The molecule has 0 aliphatic heterocycles. The van der Waals surface area contributed by atoms with Crippen LogP contribution in [0.4, 0.5) is 0 Å². The van der Waals surface area contributed by atoms with E-state index in [4.69, 9.17) is 28.3 Å². The van der Waals surface area contributed by atoms with Crippen LogP contribution in [0.15, 0.2) is 35.7 Å². The molecule has 0 aliphatic rings. The molecule has 0 amide bonds. The second-order valence-corrected chi connectivity index (χ2v) is 6.00. The van der Waals surface area contributed by atoms with Crippen LogP contribution in [0.3, 0.4) is 0 Å². The van der Waals surface area contributed by atoms with Gasteiger partial charge in [0.2, 0.25) is 0 Å². The number of rotatable bonds is 3. The summed E-state index contributed by atoms with van der Waals surface area (Å²) in [7, 11) is -3.77. The van der Waals surface area contributed by atoms with Gasteiger partial charge in [0.15, 0.2) is 5.03 Å². The number of halogens is 2. The maximum absolute atomic E-state index is 11.1. The van der Waals surface area contributed by atoms with Gasteiger partial charge in [-0.25, -0.2) is 18.5 Å². The van der Waals surface area contributed by atoms with Crippen molar-refractivity contribution in [2.45, 2.75) is 11.6 Å². The van der Waals surface area contributed by atoms with Crippen LogP contribution >= 0.6 is 23.2 Å². The van der Waals surface area contributed by atoms with E-state index in [1.807, 2.05) is 0 Å². The molecule has 0 fully saturated rings. The van der Waals surface area contributed by atoms with E-state index in [1.165, 1.54) is 12.5 Å². The highest BCUT2D eigenvalue weighted by Gasteiger charge is 2.11. The average Bonchev–Trinajstić information content (AvgIpc) is 2.72. The van der Waals surface area contributed by atoms with Crippen molar-refractivity contribution in [3.05, 3.63) is 46.3 Å². The number of primary sulfonamides is 1. The Morgan fingerprint density at radius 2 is 2.00 bits per heavy atom. The SMILES string of the molecule is NS(=O)(=O)c1cn(Cc2ccc(Cl)c(Cl)c2)cn1. The number of sulfonamides is 1. The fourth-order valence-electron chi connectivity index (χ4n) is 1.42. The number of hydrogen-bond acceptors (Lipinski definition) is 3. The molecule has 0 atom stereocenters. The molecule has 0 saturated heterocycles. The molecule has 2 N–H and O–H groups in total. The van der Waals surface area contributed by atoms with Crippen molar-refractivity contribution >= 4 is 33.2 Å². The van der Waals surface area contributed by atoms with Crippen LogP contribution in [0.25, 0.3) is 0 Å². The predicted molar refractivity (Wildman–Crippen MR) is 69.2 cm³/mol. The van der Waals surface area contributed by atoms with Crippen molar-refractivity contribution < 1.29 is 8.42 Å². The van der Waals surface area contributed by atoms with Gasteiger partial charge in [-0.15, -0.1) is 0 Å². The minimum absolute atomic E-state index is 0.164. The smallest absolute Gasteiger partial charge is 0.257 e. The summed E-state index contributed by atoms with van der Waals surface area (Å²) in [6.07, 6.45) is 2.75. The fraction of sp³-hybridized carbons (Fsp3) is 0.100. The summed E-state index contributed by atoms with van der Waals surface area (Å²) < 4.78 is 23.7. The van der Waals surface area contributed by atoms with E-state index < -0.39 is 10.0 Å². The number of hydrogen-bond donors (Lipinski definition) is 1. The van der Waals surface area contributed by atoms with Gasteiger partial charge in [-0.05, 0) is 17.7 Å². The fourth-order valence-corrected chi connectivity index (χ4v) is 2.22. The van der Waals surface area contributed by atoms with E-state index in [0.717, 1.165) is 5.56 Å². The molecule has 1 heterocycles. The second kappa shape index (κ2) is 4.89. The second-order valence-electron chi connectivity index (χ2n) is 3.68.